The van der Waals surface area contributed by atoms with Crippen molar-refractivity contribution in [1.82, 2.24) is 9.55 Å². The quantitative estimate of drug-likeness (QED) is 0.811. The van der Waals surface area contributed by atoms with Crippen molar-refractivity contribution < 1.29 is 13.9 Å². The van der Waals surface area contributed by atoms with Gasteiger partial charge in [0.2, 0.25) is 0 Å². The summed E-state index contributed by atoms with van der Waals surface area (Å²) in [5.74, 6) is 0.0372. The van der Waals surface area contributed by atoms with Crippen LogP contribution >= 0.6 is 0 Å². The molecule has 5 heteroatoms. The summed E-state index contributed by atoms with van der Waals surface area (Å²) >= 11 is 0. The van der Waals surface area contributed by atoms with Crippen LogP contribution in [0.5, 0.6) is 0 Å². The first-order valence-corrected chi connectivity index (χ1v) is 7.30. The summed E-state index contributed by atoms with van der Waals surface area (Å²) in [4.78, 5) is 16.8. The Morgan fingerprint density at radius 3 is 2.81 bits per heavy atom. The highest BCUT2D eigenvalue weighted by atomic mass is 19.1. The molecule has 0 saturated heterocycles. The largest absolute Gasteiger partial charge is 0.465 e. The van der Waals surface area contributed by atoms with Gasteiger partial charge in [0.05, 0.1) is 17.6 Å². The van der Waals surface area contributed by atoms with Crippen molar-refractivity contribution in [1.29, 1.82) is 0 Å². The Kier molecular flexibility index (Phi) is 3.23. The molecule has 0 amide bonds. The molecule has 0 atom stereocenters. The topological polar surface area (TPSA) is 44.1 Å². The number of imidazole rings is 1. The second-order valence-corrected chi connectivity index (χ2v) is 6.02. The van der Waals surface area contributed by atoms with Gasteiger partial charge in [-0.05, 0) is 45.7 Å². The van der Waals surface area contributed by atoms with Gasteiger partial charge < -0.3 is 9.30 Å². The van der Waals surface area contributed by atoms with Crippen LogP contribution in [0.4, 0.5) is 4.39 Å². The van der Waals surface area contributed by atoms with Gasteiger partial charge >= 0.3 is 5.97 Å². The van der Waals surface area contributed by atoms with Gasteiger partial charge in [0.1, 0.15) is 17.1 Å². The molecule has 1 heterocycles. The first-order valence-electron chi connectivity index (χ1n) is 7.30. The van der Waals surface area contributed by atoms with Gasteiger partial charge in [-0.15, -0.1) is 0 Å². The zero-order valence-corrected chi connectivity index (χ0v) is 12.5. The summed E-state index contributed by atoms with van der Waals surface area (Å²) in [5, 5.41) is 0. The fraction of sp³-hybridized carbons (Fsp3) is 0.500. The molecular formula is C16H19FN2O2. The maximum absolute atomic E-state index is 13.4. The van der Waals surface area contributed by atoms with Gasteiger partial charge in [0, 0.05) is 12.1 Å². The molecule has 0 unspecified atom stereocenters. The molecule has 0 N–H and O–H groups in total. The lowest BCUT2D eigenvalue weighted by atomic mass is 9.92. The molecule has 0 spiro atoms. The number of hydrogen-bond acceptors (Lipinski definition) is 3. The monoisotopic (exact) mass is 290 g/mol. The Hall–Kier alpha value is -1.91. The molecule has 1 aromatic heterocycles. The number of nitrogens with zero attached hydrogens (tertiary/aromatic N) is 2. The van der Waals surface area contributed by atoms with Crippen LogP contribution in [0.3, 0.4) is 0 Å². The molecule has 1 aliphatic carbocycles. The third-order valence-electron chi connectivity index (χ3n) is 3.91. The fourth-order valence-corrected chi connectivity index (χ4v) is 2.62. The van der Waals surface area contributed by atoms with Crippen molar-refractivity contribution in [2.45, 2.75) is 45.1 Å². The van der Waals surface area contributed by atoms with E-state index in [4.69, 9.17) is 4.74 Å². The number of benzene rings is 1. The molecule has 0 bridgehead atoms. The molecule has 3 rings (SSSR count). The number of rotatable bonds is 4. The molecule has 21 heavy (non-hydrogen) atoms. The summed E-state index contributed by atoms with van der Waals surface area (Å²) in [7, 11) is 0. The van der Waals surface area contributed by atoms with E-state index in [-0.39, 0.29) is 11.8 Å². The highest BCUT2D eigenvalue weighted by molar-refractivity contribution is 5.84. The van der Waals surface area contributed by atoms with Crippen LogP contribution in [0.1, 0.15) is 45.5 Å². The molecule has 0 aliphatic heterocycles. The SMILES string of the molecule is CCOC(=O)C(C)(C)c1nc2cc(F)ccc2n1C1CC1. The number of ether oxygens (including phenoxy) is 1. The Morgan fingerprint density at radius 1 is 1.48 bits per heavy atom. The molecule has 112 valence electrons. The molecule has 4 nitrogen and oxygen atoms in total. The number of fused-ring (bicyclic) bond motifs is 1. The Bertz CT molecular complexity index is 702. The smallest absolute Gasteiger partial charge is 0.319 e. The highest BCUT2D eigenvalue weighted by Crippen LogP contribution is 2.41. The second kappa shape index (κ2) is 4.83. The van der Waals surface area contributed by atoms with Crippen molar-refractivity contribution in [2.75, 3.05) is 6.61 Å². The van der Waals surface area contributed by atoms with Crippen LogP contribution in [0, 0.1) is 5.82 Å². The van der Waals surface area contributed by atoms with E-state index in [0.29, 0.717) is 24.0 Å². The van der Waals surface area contributed by atoms with Crippen LogP contribution in [0.25, 0.3) is 11.0 Å². The second-order valence-electron chi connectivity index (χ2n) is 6.02. The van der Waals surface area contributed by atoms with Crippen molar-refractivity contribution in [3.8, 4) is 0 Å². The number of carbonyl (C=O) groups excluding carboxylic acids is 1. The zero-order chi connectivity index (χ0) is 15.2. The van der Waals surface area contributed by atoms with Crippen molar-refractivity contribution in [3.63, 3.8) is 0 Å². The number of hydrogen-bond donors (Lipinski definition) is 0. The van der Waals surface area contributed by atoms with Gasteiger partial charge in [-0.25, -0.2) is 9.37 Å². The molecule has 1 fully saturated rings. The summed E-state index contributed by atoms with van der Waals surface area (Å²) in [5.41, 5.74) is 0.620. The van der Waals surface area contributed by atoms with Crippen molar-refractivity contribution >= 4 is 17.0 Å². The lowest BCUT2D eigenvalue weighted by Crippen LogP contribution is -2.34. The van der Waals surface area contributed by atoms with E-state index in [1.54, 1.807) is 26.8 Å². The number of carbonyl (C=O) groups is 1. The number of esters is 1. The van der Waals surface area contributed by atoms with Crippen LogP contribution in [-0.4, -0.2) is 22.1 Å². The molecular weight excluding hydrogens is 271 g/mol. The Morgan fingerprint density at radius 2 is 2.19 bits per heavy atom. The van der Waals surface area contributed by atoms with E-state index in [9.17, 15) is 9.18 Å². The van der Waals surface area contributed by atoms with Crippen LogP contribution in [0.2, 0.25) is 0 Å². The number of aromatic nitrogens is 2. The van der Waals surface area contributed by atoms with E-state index in [1.807, 2.05) is 0 Å². The first kappa shape index (κ1) is 14.0. The Balaban J connectivity index is 2.17. The fourth-order valence-electron chi connectivity index (χ4n) is 2.62. The van der Waals surface area contributed by atoms with E-state index in [2.05, 4.69) is 9.55 Å². The number of halogens is 1. The predicted octanol–water partition coefficient (Wildman–Crippen LogP) is 3.35. The standard InChI is InChI=1S/C16H19FN2O2/c1-4-21-15(20)16(2,3)14-18-12-9-10(17)5-8-13(12)19(14)11-6-7-11/h5,8-9,11H,4,6-7H2,1-3H3. The van der Waals surface area contributed by atoms with E-state index >= 15 is 0 Å². The van der Waals surface area contributed by atoms with Crippen LogP contribution < -0.4 is 0 Å². The third-order valence-corrected chi connectivity index (χ3v) is 3.91. The molecule has 1 aromatic carbocycles. The van der Waals surface area contributed by atoms with E-state index < -0.39 is 5.41 Å². The maximum Gasteiger partial charge on any atom is 0.319 e. The normalized spacial score (nSPS) is 15.4. The van der Waals surface area contributed by atoms with Crippen molar-refractivity contribution in [3.05, 3.63) is 29.8 Å². The van der Waals surface area contributed by atoms with E-state index in [1.165, 1.54) is 12.1 Å². The van der Waals surface area contributed by atoms with E-state index in [0.717, 1.165) is 18.4 Å². The van der Waals surface area contributed by atoms with Crippen molar-refractivity contribution in [2.24, 2.45) is 0 Å². The lowest BCUT2D eigenvalue weighted by Gasteiger charge is -2.23. The maximum atomic E-state index is 13.4. The molecule has 2 aromatic rings. The van der Waals surface area contributed by atoms with Gasteiger partial charge in [-0.3, -0.25) is 4.79 Å². The van der Waals surface area contributed by atoms with Gasteiger partial charge in [-0.2, -0.15) is 0 Å². The first-order chi connectivity index (χ1) is 9.95. The molecule has 1 saturated carbocycles. The summed E-state index contributed by atoms with van der Waals surface area (Å²) in [6.45, 7) is 5.73. The minimum Gasteiger partial charge on any atom is -0.465 e. The third kappa shape index (κ3) is 2.30. The highest BCUT2D eigenvalue weighted by Gasteiger charge is 2.40. The van der Waals surface area contributed by atoms with Crippen LogP contribution in [0.15, 0.2) is 18.2 Å². The van der Waals surface area contributed by atoms with Crippen LogP contribution in [-0.2, 0) is 14.9 Å². The minimum atomic E-state index is -0.853. The Labute approximate surface area is 122 Å². The average Bonchev–Trinajstić information content (AvgIpc) is 3.19. The molecule has 0 radical (unpaired) electrons. The zero-order valence-electron chi connectivity index (χ0n) is 12.5. The van der Waals surface area contributed by atoms with Gasteiger partial charge in [0.15, 0.2) is 0 Å². The lowest BCUT2D eigenvalue weighted by molar-refractivity contribution is -0.149. The van der Waals surface area contributed by atoms with Gasteiger partial charge in [0.25, 0.3) is 0 Å². The summed E-state index contributed by atoms with van der Waals surface area (Å²) in [6.07, 6.45) is 2.13. The summed E-state index contributed by atoms with van der Waals surface area (Å²) in [6, 6.07) is 4.94. The average molecular weight is 290 g/mol. The minimum absolute atomic E-state index is 0.303. The summed E-state index contributed by atoms with van der Waals surface area (Å²) < 4.78 is 20.7. The van der Waals surface area contributed by atoms with Gasteiger partial charge in [-0.1, -0.05) is 0 Å². The predicted molar refractivity (Wildman–Crippen MR) is 77.6 cm³/mol. The molecule has 1 aliphatic rings.